The van der Waals surface area contributed by atoms with E-state index in [1.54, 1.807) is 20.3 Å². The van der Waals surface area contributed by atoms with Gasteiger partial charge in [-0.1, -0.05) is 18.2 Å². The van der Waals surface area contributed by atoms with E-state index in [4.69, 9.17) is 14.5 Å². The maximum absolute atomic E-state index is 10.8. The van der Waals surface area contributed by atoms with E-state index < -0.39 is 6.10 Å². The van der Waals surface area contributed by atoms with Crippen molar-refractivity contribution in [2.45, 2.75) is 24.3 Å². The lowest BCUT2D eigenvalue weighted by Gasteiger charge is -2.22. The van der Waals surface area contributed by atoms with Gasteiger partial charge in [-0.05, 0) is 49.6 Å². The Kier molecular flexibility index (Phi) is 8.91. The lowest BCUT2D eigenvalue weighted by molar-refractivity contribution is 0.181. The summed E-state index contributed by atoms with van der Waals surface area (Å²) < 4.78 is 10.7. The zero-order valence-corrected chi connectivity index (χ0v) is 19.4. The van der Waals surface area contributed by atoms with Gasteiger partial charge in [0, 0.05) is 35.8 Å². The van der Waals surface area contributed by atoms with Gasteiger partial charge in [0.15, 0.2) is 5.96 Å². The molecule has 0 radical (unpaired) electrons. The van der Waals surface area contributed by atoms with Crippen LogP contribution in [0.4, 0.5) is 0 Å². The van der Waals surface area contributed by atoms with Gasteiger partial charge in [0.05, 0.1) is 20.8 Å². The standard InChI is InChI=1S/C24H33N3O3S/c1-4-25-24(26-15-22(28)21-14-19(29-2)10-11-23(21)30-3)27-13-12-18(16-27)17-31-20-8-6-5-7-9-20/h5-11,14,18,22,28H,4,12-13,15-17H2,1-3H3,(H,25,26). The molecule has 2 atom stereocenters. The first-order valence-electron chi connectivity index (χ1n) is 10.8. The highest BCUT2D eigenvalue weighted by molar-refractivity contribution is 7.99. The molecular weight excluding hydrogens is 410 g/mol. The molecule has 6 nitrogen and oxygen atoms in total. The van der Waals surface area contributed by atoms with Crippen molar-refractivity contribution in [3.63, 3.8) is 0 Å². The van der Waals surface area contributed by atoms with Gasteiger partial charge in [0.2, 0.25) is 0 Å². The number of rotatable bonds is 9. The first-order valence-corrected chi connectivity index (χ1v) is 11.7. The number of aliphatic imine (C=N–C) groups is 1. The van der Waals surface area contributed by atoms with Crippen molar-refractivity contribution < 1.29 is 14.6 Å². The summed E-state index contributed by atoms with van der Waals surface area (Å²) in [6.07, 6.45) is 0.377. The zero-order valence-electron chi connectivity index (χ0n) is 18.6. The Hall–Kier alpha value is -2.38. The number of methoxy groups -OCH3 is 2. The SMILES string of the molecule is CCNC(=NCC(O)c1cc(OC)ccc1OC)N1CCC(CSc2ccccc2)C1. The lowest BCUT2D eigenvalue weighted by atomic mass is 10.1. The summed E-state index contributed by atoms with van der Waals surface area (Å²) in [6.45, 7) is 5.06. The molecule has 2 aromatic rings. The van der Waals surface area contributed by atoms with Gasteiger partial charge in [0.25, 0.3) is 0 Å². The second-order valence-corrected chi connectivity index (χ2v) is 8.64. The number of nitrogens with zero attached hydrogens (tertiary/aromatic N) is 2. The Morgan fingerprint density at radius 3 is 2.74 bits per heavy atom. The number of aliphatic hydroxyl groups is 1. The average Bonchev–Trinajstić information content (AvgIpc) is 3.29. The van der Waals surface area contributed by atoms with Crippen LogP contribution in [0, 0.1) is 5.92 Å². The maximum atomic E-state index is 10.8. The minimum absolute atomic E-state index is 0.256. The van der Waals surface area contributed by atoms with Crippen molar-refractivity contribution in [3.8, 4) is 11.5 Å². The summed E-state index contributed by atoms with van der Waals surface area (Å²) >= 11 is 1.92. The number of guanidine groups is 1. The third kappa shape index (κ3) is 6.55. The topological polar surface area (TPSA) is 66.3 Å². The molecule has 31 heavy (non-hydrogen) atoms. The van der Waals surface area contributed by atoms with Crippen molar-refractivity contribution in [1.29, 1.82) is 0 Å². The minimum atomic E-state index is -0.772. The molecule has 0 bridgehead atoms. The zero-order chi connectivity index (χ0) is 22.1. The molecule has 1 aliphatic heterocycles. The second-order valence-electron chi connectivity index (χ2n) is 7.54. The molecule has 1 aliphatic rings. The van der Waals surface area contributed by atoms with Crippen LogP contribution in [0.15, 0.2) is 58.4 Å². The fraction of sp³-hybridized carbons (Fsp3) is 0.458. The third-order valence-corrected chi connectivity index (χ3v) is 6.60. The Morgan fingerprint density at radius 2 is 2.03 bits per heavy atom. The van der Waals surface area contributed by atoms with E-state index in [-0.39, 0.29) is 6.54 Å². The highest BCUT2D eigenvalue weighted by Gasteiger charge is 2.25. The van der Waals surface area contributed by atoms with Gasteiger partial charge in [-0.2, -0.15) is 0 Å². The van der Waals surface area contributed by atoms with Crippen LogP contribution >= 0.6 is 11.8 Å². The molecule has 0 spiro atoms. The van der Waals surface area contributed by atoms with Crippen LogP contribution in [0.5, 0.6) is 11.5 Å². The first kappa shape index (κ1) is 23.3. The molecule has 1 fully saturated rings. The average molecular weight is 444 g/mol. The third-order valence-electron chi connectivity index (χ3n) is 5.36. The number of benzene rings is 2. The fourth-order valence-electron chi connectivity index (χ4n) is 3.69. The van der Waals surface area contributed by atoms with Gasteiger partial charge in [-0.25, -0.2) is 0 Å². The Labute approximate surface area is 189 Å². The Bertz CT molecular complexity index is 847. The fourth-order valence-corrected chi connectivity index (χ4v) is 4.74. The molecule has 7 heteroatoms. The molecule has 0 aliphatic carbocycles. The summed E-state index contributed by atoms with van der Waals surface area (Å²) in [4.78, 5) is 8.35. The van der Waals surface area contributed by atoms with Crippen LogP contribution in [0.1, 0.15) is 25.0 Å². The molecule has 1 heterocycles. The van der Waals surface area contributed by atoms with Crippen LogP contribution in [0.2, 0.25) is 0 Å². The highest BCUT2D eigenvalue weighted by Crippen LogP contribution is 2.30. The quantitative estimate of drug-likeness (QED) is 0.349. The van der Waals surface area contributed by atoms with Crippen LogP contribution in [-0.4, -0.2) is 62.1 Å². The van der Waals surface area contributed by atoms with Crippen molar-refractivity contribution in [3.05, 3.63) is 54.1 Å². The van der Waals surface area contributed by atoms with E-state index in [9.17, 15) is 5.11 Å². The molecule has 3 rings (SSSR count). The minimum Gasteiger partial charge on any atom is -0.497 e. The van der Waals surface area contributed by atoms with Crippen molar-refractivity contribution in [1.82, 2.24) is 10.2 Å². The van der Waals surface area contributed by atoms with Gasteiger partial charge in [-0.3, -0.25) is 4.99 Å². The molecule has 2 N–H and O–H groups in total. The van der Waals surface area contributed by atoms with Crippen LogP contribution in [-0.2, 0) is 0 Å². The predicted molar refractivity (Wildman–Crippen MR) is 127 cm³/mol. The maximum Gasteiger partial charge on any atom is 0.194 e. The molecule has 168 valence electrons. The summed E-state index contributed by atoms with van der Waals surface area (Å²) in [5.74, 6) is 3.90. The number of aliphatic hydroxyl groups excluding tert-OH is 1. The highest BCUT2D eigenvalue weighted by atomic mass is 32.2. The first-order chi connectivity index (χ1) is 15.1. The van der Waals surface area contributed by atoms with Crippen molar-refractivity contribution in [2.24, 2.45) is 10.9 Å². The monoisotopic (exact) mass is 443 g/mol. The Balaban J connectivity index is 1.61. The van der Waals surface area contributed by atoms with E-state index in [1.165, 1.54) is 4.90 Å². The van der Waals surface area contributed by atoms with E-state index >= 15 is 0 Å². The molecule has 2 aromatic carbocycles. The van der Waals surface area contributed by atoms with E-state index in [1.807, 2.05) is 23.9 Å². The van der Waals surface area contributed by atoms with Gasteiger partial charge < -0.3 is 24.8 Å². The van der Waals surface area contributed by atoms with E-state index in [2.05, 4.69) is 47.5 Å². The van der Waals surface area contributed by atoms with Gasteiger partial charge in [0.1, 0.15) is 17.6 Å². The molecule has 0 amide bonds. The molecule has 1 saturated heterocycles. The number of hydrogen-bond acceptors (Lipinski definition) is 5. The lowest BCUT2D eigenvalue weighted by Crippen LogP contribution is -2.40. The second kappa shape index (κ2) is 11.9. The summed E-state index contributed by atoms with van der Waals surface area (Å²) in [5, 5.41) is 14.2. The predicted octanol–water partition coefficient (Wildman–Crippen LogP) is 3.82. The number of nitrogens with one attached hydrogen (secondary N) is 1. The van der Waals surface area contributed by atoms with Crippen LogP contribution < -0.4 is 14.8 Å². The number of likely N-dealkylation sites (tertiary alicyclic amines) is 1. The molecule has 0 aromatic heterocycles. The molecular formula is C24H33N3O3S. The number of hydrogen-bond donors (Lipinski definition) is 2. The van der Waals surface area contributed by atoms with Gasteiger partial charge >= 0.3 is 0 Å². The molecule has 0 saturated carbocycles. The normalized spacial score (nSPS) is 17.5. The smallest absolute Gasteiger partial charge is 0.194 e. The van der Waals surface area contributed by atoms with Crippen LogP contribution in [0.25, 0.3) is 0 Å². The largest absolute Gasteiger partial charge is 0.497 e. The number of thioether (sulfide) groups is 1. The van der Waals surface area contributed by atoms with Crippen molar-refractivity contribution >= 4 is 17.7 Å². The Morgan fingerprint density at radius 1 is 1.23 bits per heavy atom. The summed E-state index contributed by atoms with van der Waals surface area (Å²) in [6, 6.07) is 16.0. The van der Waals surface area contributed by atoms with Crippen molar-refractivity contribution in [2.75, 3.05) is 46.2 Å². The van der Waals surface area contributed by atoms with Crippen LogP contribution in [0.3, 0.4) is 0 Å². The summed E-state index contributed by atoms with van der Waals surface area (Å²) in [5.41, 5.74) is 0.681. The summed E-state index contributed by atoms with van der Waals surface area (Å²) in [7, 11) is 3.21. The van der Waals surface area contributed by atoms with E-state index in [0.717, 1.165) is 37.8 Å². The van der Waals surface area contributed by atoms with E-state index in [0.29, 0.717) is 23.0 Å². The molecule has 2 unspecified atom stereocenters. The van der Waals surface area contributed by atoms with Gasteiger partial charge in [-0.15, -0.1) is 11.8 Å². The number of ether oxygens (including phenoxy) is 2.